The first-order chi connectivity index (χ1) is 32.0. The summed E-state index contributed by atoms with van der Waals surface area (Å²) in [6, 6.07) is 6.43. The van der Waals surface area contributed by atoms with E-state index in [1.807, 2.05) is 0 Å². The molecule has 0 aliphatic carbocycles. The lowest BCUT2D eigenvalue weighted by Gasteiger charge is -2.38. The van der Waals surface area contributed by atoms with Gasteiger partial charge in [-0.3, -0.25) is 28.9 Å². The van der Waals surface area contributed by atoms with Gasteiger partial charge < -0.3 is 51.1 Å². The van der Waals surface area contributed by atoms with Crippen molar-refractivity contribution < 1.29 is 54.0 Å². The molecule has 0 aromatic heterocycles. The van der Waals surface area contributed by atoms with Crippen LogP contribution in [0.3, 0.4) is 0 Å². The van der Waals surface area contributed by atoms with Gasteiger partial charge in [-0.25, -0.2) is 9.59 Å². The summed E-state index contributed by atoms with van der Waals surface area (Å²) in [5.41, 5.74) is 2.32. The number of nitrogens with one attached hydrogen (secondary N) is 3. The molecule has 1 heterocycles. The first kappa shape index (κ1) is 58.6. The molecule has 0 bridgehead atoms. The van der Waals surface area contributed by atoms with Gasteiger partial charge in [0.1, 0.15) is 11.8 Å². The summed E-state index contributed by atoms with van der Waals surface area (Å²) in [5, 5.41) is 44.8. The van der Waals surface area contributed by atoms with E-state index in [1.54, 1.807) is 0 Å². The fraction of sp³-hybridized carbons (Fsp3) is 0.708. The first-order valence-electron chi connectivity index (χ1n) is 24.3. The minimum Gasteiger partial charge on any atom is -0.481 e. The SMILES string of the molecule is CCN1CCN(CC)CCN(CC(=O)O)C(Cc2ccc(CC(=S)CCCCCCCNC(=O)[C@H](CCC(=O)O)CC(=O)CC[C@H](NC(=O)NCCCC(=O)O)C(=O)O)cc2)CN(CC)CC1. The summed E-state index contributed by atoms with van der Waals surface area (Å²) < 4.78 is 0. The summed E-state index contributed by atoms with van der Waals surface area (Å²) in [5.74, 6) is -6.08. The number of nitrogens with zero attached hydrogens (tertiary/aromatic N) is 4. The topological polar surface area (TPSA) is 249 Å². The van der Waals surface area contributed by atoms with Crippen LogP contribution < -0.4 is 16.0 Å². The molecule has 1 aromatic rings. The number of carboxylic acids is 4. The Hall–Kier alpha value is -4.56. The highest BCUT2D eigenvalue weighted by Crippen LogP contribution is 2.18. The number of Topliss-reactive ketones (excluding diaryl/α,β-unsaturated/α-hetero) is 1. The van der Waals surface area contributed by atoms with Crippen LogP contribution in [-0.2, 0) is 41.6 Å². The number of thiocarbonyl (C=S) groups is 1. The number of carbonyl (C=O) groups excluding carboxylic acids is 3. The van der Waals surface area contributed by atoms with E-state index in [-0.39, 0.29) is 64.1 Å². The maximum Gasteiger partial charge on any atom is 0.326 e. The van der Waals surface area contributed by atoms with Gasteiger partial charge in [0, 0.05) is 103 Å². The van der Waals surface area contributed by atoms with Crippen molar-refractivity contribution >= 4 is 58.7 Å². The van der Waals surface area contributed by atoms with Gasteiger partial charge in [-0.15, -0.1) is 0 Å². The number of amides is 3. The average Bonchev–Trinajstić information content (AvgIpc) is 3.28. The molecule has 0 saturated carbocycles. The Balaban J connectivity index is 1.80. The fourth-order valence-electron chi connectivity index (χ4n) is 8.17. The lowest BCUT2D eigenvalue weighted by molar-refractivity contribution is -0.140. The van der Waals surface area contributed by atoms with Crippen LogP contribution in [0.2, 0.25) is 0 Å². The van der Waals surface area contributed by atoms with Crippen molar-refractivity contribution in [1.82, 2.24) is 35.6 Å². The van der Waals surface area contributed by atoms with E-state index in [1.165, 1.54) is 5.56 Å². The quantitative estimate of drug-likeness (QED) is 0.0396. The second kappa shape index (κ2) is 33.8. The van der Waals surface area contributed by atoms with Gasteiger partial charge in [-0.1, -0.05) is 76.5 Å². The largest absolute Gasteiger partial charge is 0.481 e. The highest BCUT2D eigenvalue weighted by atomic mass is 32.1. The number of benzene rings is 1. The Kier molecular flexibility index (Phi) is 29.6. The van der Waals surface area contributed by atoms with Gasteiger partial charge in [0.2, 0.25) is 5.91 Å². The molecular weight excluding hydrogens is 883 g/mol. The number of urea groups is 1. The Morgan fingerprint density at radius 3 is 1.81 bits per heavy atom. The highest BCUT2D eigenvalue weighted by Gasteiger charge is 2.27. The van der Waals surface area contributed by atoms with Crippen molar-refractivity contribution in [1.29, 1.82) is 0 Å². The monoisotopic (exact) mass is 962 g/mol. The van der Waals surface area contributed by atoms with Gasteiger partial charge in [-0.2, -0.15) is 0 Å². The predicted molar refractivity (Wildman–Crippen MR) is 261 cm³/mol. The van der Waals surface area contributed by atoms with E-state index in [9.17, 15) is 48.9 Å². The molecule has 1 unspecified atom stereocenters. The number of carbonyl (C=O) groups is 7. The summed E-state index contributed by atoms with van der Waals surface area (Å²) >= 11 is 5.77. The zero-order valence-electron chi connectivity index (χ0n) is 40.2. The number of aliphatic carboxylic acids is 4. The van der Waals surface area contributed by atoms with E-state index in [2.05, 4.69) is 80.6 Å². The second-order valence-electron chi connectivity index (χ2n) is 17.5. The smallest absolute Gasteiger partial charge is 0.326 e. The van der Waals surface area contributed by atoms with Crippen LogP contribution in [0.5, 0.6) is 0 Å². The maximum absolute atomic E-state index is 13.0. The van der Waals surface area contributed by atoms with Crippen LogP contribution in [0, 0.1) is 5.92 Å². The maximum atomic E-state index is 13.0. The molecule has 1 aliphatic heterocycles. The number of rotatable bonds is 32. The normalized spacial score (nSPS) is 16.7. The Labute approximate surface area is 402 Å². The van der Waals surface area contributed by atoms with Crippen LogP contribution in [0.15, 0.2) is 24.3 Å². The molecule has 2 rings (SSSR count). The number of likely N-dealkylation sites (N-methyl/N-ethyl adjacent to an activating group) is 3. The number of hydrogen-bond acceptors (Lipinski definition) is 12. The van der Waals surface area contributed by atoms with Gasteiger partial charge in [0.25, 0.3) is 0 Å². The van der Waals surface area contributed by atoms with Gasteiger partial charge in [0.05, 0.1) is 6.54 Å². The van der Waals surface area contributed by atoms with E-state index >= 15 is 0 Å². The lowest BCUT2D eigenvalue weighted by atomic mass is 9.93. The van der Waals surface area contributed by atoms with Crippen LogP contribution >= 0.6 is 12.2 Å². The molecule has 0 spiro atoms. The molecule has 7 N–H and O–H groups in total. The molecule has 3 atom stereocenters. The van der Waals surface area contributed by atoms with E-state index in [0.717, 1.165) is 108 Å². The molecule has 378 valence electrons. The molecule has 1 aliphatic rings. The summed E-state index contributed by atoms with van der Waals surface area (Å²) in [6.07, 6.45) is 5.56. The van der Waals surface area contributed by atoms with Crippen molar-refractivity contribution in [3.63, 3.8) is 0 Å². The Morgan fingerprint density at radius 1 is 0.642 bits per heavy atom. The van der Waals surface area contributed by atoms with E-state index in [4.69, 9.17) is 17.3 Å². The third kappa shape index (κ3) is 26.5. The number of unbranched alkanes of at least 4 members (excludes halogenated alkanes) is 4. The average molecular weight is 962 g/mol. The molecular formula is C48H79N7O11S. The predicted octanol–water partition coefficient (Wildman–Crippen LogP) is 4.17. The molecule has 1 aromatic carbocycles. The van der Waals surface area contributed by atoms with Crippen molar-refractivity contribution in [2.24, 2.45) is 5.92 Å². The molecule has 1 fully saturated rings. The third-order valence-corrected chi connectivity index (χ3v) is 12.7. The minimum atomic E-state index is -1.39. The van der Waals surface area contributed by atoms with Gasteiger partial charge in [0.15, 0.2) is 0 Å². The number of carboxylic acid groups (broad SMARTS) is 4. The number of hydrogen-bond donors (Lipinski definition) is 7. The fourth-order valence-corrected chi connectivity index (χ4v) is 8.48. The number of ketones is 1. The van der Waals surface area contributed by atoms with Crippen molar-refractivity contribution in [2.45, 2.75) is 129 Å². The molecule has 1 saturated heterocycles. The zero-order valence-corrected chi connectivity index (χ0v) is 41.0. The zero-order chi connectivity index (χ0) is 49.6. The molecule has 0 radical (unpaired) electrons. The van der Waals surface area contributed by atoms with Crippen LogP contribution in [-0.4, -0.2) is 184 Å². The molecule has 67 heavy (non-hydrogen) atoms. The van der Waals surface area contributed by atoms with Crippen molar-refractivity contribution in [3.8, 4) is 0 Å². The third-order valence-electron chi connectivity index (χ3n) is 12.4. The second-order valence-corrected chi connectivity index (χ2v) is 18.1. The minimum absolute atomic E-state index is 0.0121. The van der Waals surface area contributed by atoms with Crippen molar-refractivity contribution in [3.05, 3.63) is 35.4 Å². The van der Waals surface area contributed by atoms with Crippen LogP contribution in [0.1, 0.15) is 115 Å². The van der Waals surface area contributed by atoms with E-state index < -0.39 is 53.6 Å². The Morgan fingerprint density at radius 2 is 1.21 bits per heavy atom. The van der Waals surface area contributed by atoms with Gasteiger partial charge in [-0.05, 0) is 80.6 Å². The summed E-state index contributed by atoms with van der Waals surface area (Å²) in [6.45, 7) is 16.1. The van der Waals surface area contributed by atoms with E-state index in [0.29, 0.717) is 25.9 Å². The van der Waals surface area contributed by atoms with Gasteiger partial charge >= 0.3 is 29.9 Å². The molecule has 3 amide bonds. The van der Waals surface area contributed by atoms with Crippen molar-refractivity contribution in [2.75, 3.05) is 85.1 Å². The van der Waals surface area contributed by atoms with Crippen LogP contribution in [0.25, 0.3) is 0 Å². The Bertz CT molecular complexity index is 1700. The van der Waals surface area contributed by atoms with Crippen LogP contribution in [0.4, 0.5) is 4.79 Å². The molecule has 19 heteroatoms. The summed E-state index contributed by atoms with van der Waals surface area (Å²) in [7, 11) is 0. The molecule has 18 nitrogen and oxygen atoms in total. The first-order valence-corrected chi connectivity index (χ1v) is 24.7. The lowest BCUT2D eigenvalue weighted by Crippen LogP contribution is -2.52. The standard InChI is InChI=1S/C48H79N7O11S/c1-4-52-25-26-53(5-2)29-30-55(35-45(61)62)39(34-54(6-3)28-27-52)31-36-15-17-37(18-16-36)32-41(67)13-10-8-7-9-11-23-49-46(63)38(19-22-44(59)60)33-40(56)20-21-42(47(64)65)51-48(66)50-24-12-14-43(57)58/h15-18,38-39,42H,4-14,19-35H2,1-3H3,(H,49,63)(H,57,58)(H,59,60)(H,61,62)(H,64,65)(H2,50,51,66)/t38-,39?,42+/m1/s1. The highest BCUT2D eigenvalue weighted by molar-refractivity contribution is 7.80. The summed E-state index contributed by atoms with van der Waals surface area (Å²) in [4.78, 5) is 94.0.